The first-order valence-corrected chi connectivity index (χ1v) is 6.46. The highest BCUT2D eigenvalue weighted by Crippen LogP contribution is 2.30. The maximum atomic E-state index is 12.5. The number of benzene rings is 1. The second-order valence-corrected chi connectivity index (χ2v) is 5.30. The number of rotatable bonds is 3. The van der Waals surface area contributed by atoms with E-state index < -0.39 is 18.6 Å². The normalized spacial score (nSPS) is 13.4. The number of nitrogens with two attached hydrogens (primary N) is 1. The molecular formula is C11H11BrF3N5. The number of aromatic nitrogens is 4. The fourth-order valence-corrected chi connectivity index (χ4v) is 2.35. The van der Waals surface area contributed by atoms with E-state index in [1.807, 2.05) is 0 Å². The summed E-state index contributed by atoms with van der Waals surface area (Å²) in [5, 5.41) is 10.9. The van der Waals surface area contributed by atoms with Crippen molar-refractivity contribution in [1.29, 1.82) is 0 Å². The van der Waals surface area contributed by atoms with E-state index in [1.165, 1.54) is 6.92 Å². The third-order valence-corrected chi connectivity index (χ3v) is 3.07. The van der Waals surface area contributed by atoms with Crippen molar-refractivity contribution in [2.24, 2.45) is 0 Å². The second-order valence-electron chi connectivity index (χ2n) is 4.39. The first kappa shape index (κ1) is 14.8. The molecule has 0 fully saturated rings. The largest absolute Gasteiger partial charge is 0.399 e. The first-order valence-electron chi connectivity index (χ1n) is 5.67. The Morgan fingerprint density at radius 1 is 1.35 bits per heavy atom. The van der Waals surface area contributed by atoms with Crippen LogP contribution in [0.15, 0.2) is 22.7 Å². The van der Waals surface area contributed by atoms with Gasteiger partial charge in [0.25, 0.3) is 0 Å². The van der Waals surface area contributed by atoms with Crippen LogP contribution in [0.25, 0.3) is 11.4 Å². The van der Waals surface area contributed by atoms with Crippen molar-refractivity contribution >= 4 is 21.6 Å². The van der Waals surface area contributed by atoms with E-state index in [-0.39, 0.29) is 5.82 Å². The van der Waals surface area contributed by atoms with E-state index >= 15 is 0 Å². The number of alkyl halides is 3. The molecule has 0 radical (unpaired) electrons. The third kappa shape index (κ3) is 3.47. The zero-order valence-electron chi connectivity index (χ0n) is 10.4. The number of hydrogen-bond donors (Lipinski definition) is 1. The van der Waals surface area contributed by atoms with Gasteiger partial charge in [-0.2, -0.15) is 13.2 Å². The van der Waals surface area contributed by atoms with E-state index in [0.717, 1.165) is 4.68 Å². The fourth-order valence-electron chi connectivity index (χ4n) is 1.84. The molecule has 1 aromatic heterocycles. The summed E-state index contributed by atoms with van der Waals surface area (Å²) in [5.74, 6) is 0.245. The maximum Gasteiger partial charge on any atom is 0.391 e. The molecule has 1 heterocycles. The predicted molar refractivity (Wildman–Crippen MR) is 70.7 cm³/mol. The van der Waals surface area contributed by atoms with Crippen molar-refractivity contribution in [3.63, 3.8) is 0 Å². The van der Waals surface area contributed by atoms with E-state index in [0.29, 0.717) is 15.7 Å². The molecule has 0 spiro atoms. The summed E-state index contributed by atoms with van der Waals surface area (Å²) in [6.07, 6.45) is -5.28. The minimum atomic E-state index is -4.28. The first-order chi connectivity index (χ1) is 9.26. The number of nitrogens with zero attached hydrogens (tertiary/aromatic N) is 4. The van der Waals surface area contributed by atoms with Gasteiger partial charge in [-0.3, -0.25) is 0 Å². The van der Waals surface area contributed by atoms with Gasteiger partial charge in [0, 0.05) is 15.7 Å². The van der Waals surface area contributed by atoms with Crippen molar-refractivity contribution in [1.82, 2.24) is 20.2 Å². The van der Waals surface area contributed by atoms with Gasteiger partial charge in [-0.05, 0) is 35.5 Å². The minimum Gasteiger partial charge on any atom is -0.399 e. The lowest BCUT2D eigenvalue weighted by Gasteiger charge is -2.15. The third-order valence-electron chi connectivity index (χ3n) is 2.62. The number of halogens is 4. The Hall–Kier alpha value is -1.64. The number of tetrazole rings is 1. The summed E-state index contributed by atoms with van der Waals surface area (Å²) in [6.45, 7) is 1.41. The van der Waals surface area contributed by atoms with Crippen LogP contribution in [0.4, 0.5) is 18.9 Å². The molecule has 0 aliphatic heterocycles. The van der Waals surface area contributed by atoms with Crippen LogP contribution >= 0.6 is 15.9 Å². The monoisotopic (exact) mass is 349 g/mol. The Labute approximate surface area is 121 Å². The summed E-state index contributed by atoms with van der Waals surface area (Å²) in [6, 6.07) is 4.07. The van der Waals surface area contributed by atoms with Gasteiger partial charge in [-0.1, -0.05) is 15.9 Å². The molecule has 108 valence electrons. The Bertz CT molecular complexity index is 590. The number of anilines is 1. The molecule has 0 saturated heterocycles. The molecule has 2 N–H and O–H groups in total. The standard InChI is InChI=1S/C11H11BrF3N5/c1-6(5-11(13,14)15)20-10(17-18-19-20)7-2-8(12)4-9(16)3-7/h2-4,6H,5,16H2,1H3. The smallest absolute Gasteiger partial charge is 0.391 e. The maximum absolute atomic E-state index is 12.5. The summed E-state index contributed by atoms with van der Waals surface area (Å²) in [7, 11) is 0. The molecule has 9 heteroatoms. The SMILES string of the molecule is CC(CC(F)(F)F)n1nnnc1-c1cc(N)cc(Br)c1. The highest BCUT2D eigenvalue weighted by Gasteiger charge is 2.32. The molecule has 20 heavy (non-hydrogen) atoms. The van der Waals surface area contributed by atoms with Crippen LogP contribution in [-0.2, 0) is 0 Å². The minimum absolute atomic E-state index is 0.245. The molecule has 0 amide bonds. The second kappa shape index (κ2) is 5.39. The van der Waals surface area contributed by atoms with Gasteiger partial charge in [0.1, 0.15) is 0 Å². The molecule has 0 aliphatic carbocycles. The van der Waals surface area contributed by atoms with Gasteiger partial charge in [0.15, 0.2) is 5.82 Å². The van der Waals surface area contributed by atoms with Crippen molar-refractivity contribution in [2.75, 3.05) is 5.73 Å². The highest BCUT2D eigenvalue weighted by atomic mass is 79.9. The van der Waals surface area contributed by atoms with Gasteiger partial charge in [-0.15, -0.1) is 5.10 Å². The van der Waals surface area contributed by atoms with E-state index in [4.69, 9.17) is 5.73 Å². The fraction of sp³-hybridized carbons (Fsp3) is 0.364. The molecular weight excluding hydrogens is 339 g/mol. The van der Waals surface area contributed by atoms with Crippen molar-refractivity contribution < 1.29 is 13.2 Å². The quantitative estimate of drug-likeness (QED) is 0.864. The summed E-state index contributed by atoms with van der Waals surface area (Å²) in [4.78, 5) is 0. The topological polar surface area (TPSA) is 69.6 Å². The van der Waals surface area contributed by atoms with Crippen LogP contribution in [-0.4, -0.2) is 26.4 Å². The molecule has 0 bridgehead atoms. The highest BCUT2D eigenvalue weighted by molar-refractivity contribution is 9.10. The molecule has 1 aromatic carbocycles. The summed E-state index contributed by atoms with van der Waals surface area (Å²) >= 11 is 3.27. The molecule has 0 saturated carbocycles. The van der Waals surface area contributed by atoms with Gasteiger partial charge < -0.3 is 5.73 Å². The average Bonchev–Trinajstić information content (AvgIpc) is 2.73. The Morgan fingerprint density at radius 2 is 2.05 bits per heavy atom. The molecule has 0 aliphatic rings. The molecule has 2 aromatic rings. The van der Waals surface area contributed by atoms with Gasteiger partial charge in [0.05, 0.1) is 12.5 Å². The Kier molecular flexibility index (Phi) is 3.98. The van der Waals surface area contributed by atoms with Crippen LogP contribution in [0.5, 0.6) is 0 Å². The molecule has 5 nitrogen and oxygen atoms in total. The number of nitrogen functional groups attached to an aromatic ring is 1. The van der Waals surface area contributed by atoms with Gasteiger partial charge in [0.2, 0.25) is 0 Å². The van der Waals surface area contributed by atoms with E-state index in [9.17, 15) is 13.2 Å². The van der Waals surface area contributed by atoms with Gasteiger partial charge >= 0.3 is 6.18 Å². The molecule has 1 atom stereocenters. The summed E-state index contributed by atoms with van der Waals surface area (Å²) < 4.78 is 39.2. The lowest BCUT2D eigenvalue weighted by molar-refractivity contribution is -0.142. The Morgan fingerprint density at radius 3 is 2.65 bits per heavy atom. The van der Waals surface area contributed by atoms with Crippen LogP contribution in [0.2, 0.25) is 0 Å². The molecule has 2 rings (SSSR count). The average molecular weight is 350 g/mol. The summed E-state index contributed by atoms with van der Waals surface area (Å²) in [5.41, 5.74) is 6.72. The van der Waals surface area contributed by atoms with Crippen LogP contribution in [0.1, 0.15) is 19.4 Å². The van der Waals surface area contributed by atoms with Crippen LogP contribution in [0.3, 0.4) is 0 Å². The number of hydrogen-bond acceptors (Lipinski definition) is 4. The van der Waals surface area contributed by atoms with Crippen LogP contribution in [0, 0.1) is 0 Å². The van der Waals surface area contributed by atoms with Crippen molar-refractivity contribution in [3.8, 4) is 11.4 Å². The Balaban J connectivity index is 2.37. The lowest BCUT2D eigenvalue weighted by atomic mass is 10.1. The lowest BCUT2D eigenvalue weighted by Crippen LogP contribution is -2.18. The zero-order valence-corrected chi connectivity index (χ0v) is 12.0. The zero-order chi connectivity index (χ0) is 14.9. The molecule has 1 unspecified atom stereocenters. The van der Waals surface area contributed by atoms with E-state index in [1.54, 1.807) is 18.2 Å². The van der Waals surface area contributed by atoms with Crippen molar-refractivity contribution in [2.45, 2.75) is 25.6 Å². The van der Waals surface area contributed by atoms with Crippen molar-refractivity contribution in [3.05, 3.63) is 22.7 Å². The van der Waals surface area contributed by atoms with E-state index in [2.05, 4.69) is 31.5 Å². The van der Waals surface area contributed by atoms with Crippen LogP contribution < -0.4 is 5.73 Å². The predicted octanol–water partition coefficient (Wildman–Crippen LogP) is 3.20. The van der Waals surface area contributed by atoms with Gasteiger partial charge in [-0.25, -0.2) is 4.68 Å².